The van der Waals surface area contributed by atoms with E-state index in [-0.39, 0.29) is 22.6 Å². The average molecular weight is 615 g/mol. The lowest BCUT2D eigenvalue weighted by Crippen LogP contribution is -2.39. The van der Waals surface area contributed by atoms with Gasteiger partial charge in [-0.1, -0.05) is 53.8 Å². The van der Waals surface area contributed by atoms with Crippen LogP contribution in [0.3, 0.4) is 0 Å². The summed E-state index contributed by atoms with van der Waals surface area (Å²) in [6, 6.07) is 19.2. The first-order valence-corrected chi connectivity index (χ1v) is 14.4. The van der Waals surface area contributed by atoms with Crippen LogP contribution in [0.5, 0.6) is 23.0 Å². The van der Waals surface area contributed by atoms with Crippen molar-refractivity contribution in [3.05, 3.63) is 114 Å². The van der Waals surface area contributed by atoms with E-state index < -0.39 is 18.0 Å². The van der Waals surface area contributed by atoms with Gasteiger partial charge < -0.3 is 23.7 Å². The molecule has 0 N–H and O–H groups in total. The molecule has 0 saturated carbocycles. The van der Waals surface area contributed by atoms with Gasteiger partial charge in [-0.25, -0.2) is 9.79 Å². The van der Waals surface area contributed by atoms with E-state index in [1.807, 2.05) is 36.4 Å². The zero-order valence-electron chi connectivity index (χ0n) is 24.8. The third-order valence-corrected chi connectivity index (χ3v) is 7.89. The molecule has 0 aliphatic carbocycles. The molecule has 0 fully saturated rings. The molecule has 10 nitrogen and oxygen atoms in total. The number of rotatable bonds is 9. The van der Waals surface area contributed by atoms with E-state index in [4.69, 9.17) is 23.7 Å². The smallest absolute Gasteiger partial charge is 0.338 e. The Labute approximate surface area is 257 Å². The van der Waals surface area contributed by atoms with Gasteiger partial charge in [0.05, 0.1) is 43.2 Å². The first-order chi connectivity index (χ1) is 21.2. The predicted molar refractivity (Wildman–Crippen MR) is 164 cm³/mol. The quantitative estimate of drug-likeness (QED) is 0.206. The van der Waals surface area contributed by atoms with Crippen LogP contribution in [-0.4, -0.2) is 37.8 Å². The Morgan fingerprint density at radius 3 is 2.32 bits per heavy atom. The first-order valence-electron chi connectivity index (χ1n) is 13.6. The van der Waals surface area contributed by atoms with E-state index in [0.717, 1.165) is 5.56 Å². The molecule has 226 valence electrons. The lowest BCUT2D eigenvalue weighted by molar-refractivity contribution is -0.136. The Balaban J connectivity index is 1.58. The number of methoxy groups -OCH3 is 3. The summed E-state index contributed by atoms with van der Waals surface area (Å²) < 4.78 is 29.2. The fraction of sp³-hybridized carbons (Fsp3) is 0.212. The largest absolute Gasteiger partial charge is 0.493 e. The molecule has 0 saturated heterocycles. The number of benzene rings is 3. The van der Waals surface area contributed by atoms with Crippen molar-refractivity contribution in [2.75, 3.05) is 21.3 Å². The highest BCUT2D eigenvalue weighted by molar-refractivity contribution is 7.07. The van der Waals surface area contributed by atoms with Crippen molar-refractivity contribution in [1.29, 1.82) is 0 Å². The predicted octanol–water partition coefficient (Wildman–Crippen LogP) is 3.93. The van der Waals surface area contributed by atoms with Crippen molar-refractivity contribution in [2.24, 2.45) is 4.99 Å². The molecule has 0 spiro atoms. The van der Waals surface area contributed by atoms with E-state index in [2.05, 4.69) is 4.99 Å². The molecule has 1 atom stereocenters. The topological polar surface area (TPSA) is 115 Å². The summed E-state index contributed by atoms with van der Waals surface area (Å²) in [5, 5.41) is 0. The zero-order chi connectivity index (χ0) is 31.4. The summed E-state index contributed by atoms with van der Waals surface area (Å²) in [5.41, 5.74) is 2.55. The number of nitrogens with zero attached hydrogens (tertiary/aromatic N) is 2. The van der Waals surface area contributed by atoms with Crippen LogP contribution in [0.1, 0.15) is 36.6 Å². The van der Waals surface area contributed by atoms with Gasteiger partial charge >= 0.3 is 11.9 Å². The fourth-order valence-corrected chi connectivity index (χ4v) is 5.93. The van der Waals surface area contributed by atoms with Crippen molar-refractivity contribution < 1.29 is 33.3 Å². The molecule has 0 bridgehead atoms. The third kappa shape index (κ3) is 6.13. The van der Waals surface area contributed by atoms with Crippen molar-refractivity contribution in [3.63, 3.8) is 0 Å². The minimum atomic E-state index is -0.871. The summed E-state index contributed by atoms with van der Waals surface area (Å²) in [6.45, 7) is 3.36. The number of esters is 2. The van der Waals surface area contributed by atoms with Gasteiger partial charge in [0, 0.05) is 6.92 Å². The van der Waals surface area contributed by atoms with E-state index in [1.165, 1.54) is 37.0 Å². The van der Waals surface area contributed by atoms with Crippen molar-refractivity contribution in [3.8, 4) is 23.0 Å². The summed E-state index contributed by atoms with van der Waals surface area (Å²) in [7, 11) is 4.27. The van der Waals surface area contributed by atoms with Crippen molar-refractivity contribution in [1.82, 2.24) is 4.57 Å². The van der Waals surface area contributed by atoms with Crippen molar-refractivity contribution in [2.45, 2.75) is 26.5 Å². The Kier molecular flexibility index (Phi) is 8.96. The SMILES string of the molecule is COC(=O)C1=C(C)N=c2s/c(=C/c3ccc(OCc4ccccc4)c(OC)c3)c(=O)n2[C@@H]1c1ccc(OC(C)=O)c(OC)c1. The molecule has 1 aliphatic heterocycles. The van der Waals surface area contributed by atoms with Crippen LogP contribution in [0.2, 0.25) is 0 Å². The highest BCUT2D eigenvalue weighted by atomic mass is 32.1. The van der Waals surface area contributed by atoms with Crippen LogP contribution in [0.25, 0.3) is 6.08 Å². The minimum absolute atomic E-state index is 0.204. The molecule has 4 aromatic rings. The second-order valence-electron chi connectivity index (χ2n) is 9.76. The molecule has 0 radical (unpaired) electrons. The number of carbonyl (C=O) groups is 2. The maximum absolute atomic E-state index is 14.0. The summed E-state index contributed by atoms with van der Waals surface area (Å²) in [5.74, 6) is 0.428. The lowest BCUT2D eigenvalue weighted by Gasteiger charge is -2.25. The van der Waals surface area contributed by atoms with E-state index >= 15 is 0 Å². The minimum Gasteiger partial charge on any atom is -0.493 e. The maximum Gasteiger partial charge on any atom is 0.338 e. The average Bonchev–Trinajstić information content (AvgIpc) is 3.33. The number of aromatic nitrogens is 1. The first kappa shape index (κ1) is 30.3. The van der Waals surface area contributed by atoms with E-state index in [9.17, 15) is 14.4 Å². The van der Waals surface area contributed by atoms with Crippen LogP contribution in [0.4, 0.5) is 0 Å². The number of carbonyl (C=O) groups excluding carboxylic acids is 2. The normalized spacial score (nSPS) is 14.4. The van der Waals surface area contributed by atoms with E-state index in [1.54, 1.807) is 50.4 Å². The zero-order valence-corrected chi connectivity index (χ0v) is 25.6. The molecule has 1 aromatic heterocycles. The summed E-state index contributed by atoms with van der Waals surface area (Å²) >= 11 is 1.20. The van der Waals surface area contributed by atoms with Gasteiger partial charge in [0.25, 0.3) is 5.56 Å². The van der Waals surface area contributed by atoms with Crippen LogP contribution >= 0.6 is 11.3 Å². The lowest BCUT2D eigenvalue weighted by atomic mass is 9.95. The second-order valence-corrected chi connectivity index (χ2v) is 10.8. The maximum atomic E-state index is 14.0. The highest BCUT2D eigenvalue weighted by Crippen LogP contribution is 2.36. The molecular weight excluding hydrogens is 584 g/mol. The molecule has 0 amide bonds. The Bertz CT molecular complexity index is 1940. The Hall–Kier alpha value is -5.16. The van der Waals surface area contributed by atoms with E-state index in [0.29, 0.717) is 44.3 Å². The number of allylic oxidation sites excluding steroid dienone is 1. The van der Waals surface area contributed by atoms with Gasteiger partial charge in [-0.15, -0.1) is 0 Å². The van der Waals surface area contributed by atoms with Gasteiger partial charge in [-0.05, 0) is 54.0 Å². The summed E-state index contributed by atoms with van der Waals surface area (Å²) in [4.78, 5) is 43.6. The molecule has 11 heteroatoms. The van der Waals surface area contributed by atoms with Crippen molar-refractivity contribution >= 4 is 29.4 Å². The third-order valence-electron chi connectivity index (χ3n) is 6.91. The second kappa shape index (κ2) is 13.0. The number of hydrogen-bond donors (Lipinski definition) is 0. The fourth-order valence-electron chi connectivity index (χ4n) is 4.88. The standard InChI is InChI=1S/C33H30N2O8S/c1-19-29(32(38)41-5)30(23-12-14-25(43-20(2)36)27(17-23)40-4)35-31(37)28(44-33(35)34-19)16-22-11-13-24(26(15-22)39-3)42-18-21-9-7-6-8-10-21/h6-17,30H,18H2,1-5H3/b28-16+/t30-/m1/s1. The van der Waals surface area contributed by atoms with Crippen LogP contribution in [0, 0.1) is 0 Å². The number of ether oxygens (including phenoxy) is 5. The van der Waals surface area contributed by atoms with Gasteiger partial charge in [0.15, 0.2) is 27.8 Å². The summed E-state index contributed by atoms with van der Waals surface area (Å²) in [6.07, 6.45) is 1.74. The highest BCUT2D eigenvalue weighted by Gasteiger charge is 2.33. The molecule has 2 heterocycles. The van der Waals surface area contributed by atoms with Crippen LogP contribution in [-0.2, 0) is 20.9 Å². The number of fused-ring (bicyclic) bond motifs is 1. The Morgan fingerprint density at radius 1 is 0.932 bits per heavy atom. The van der Waals surface area contributed by atoms with Gasteiger partial charge in [-0.2, -0.15) is 0 Å². The van der Waals surface area contributed by atoms with Gasteiger partial charge in [0.1, 0.15) is 6.61 Å². The number of hydrogen-bond acceptors (Lipinski definition) is 10. The monoisotopic (exact) mass is 614 g/mol. The molecule has 1 aliphatic rings. The van der Waals surface area contributed by atoms with Gasteiger partial charge in [0.2, 0.25) is 0 Å². The Morgan fingerprint density at radius 2 is 1.64 bits per heavy atom. The molecular formula is C33H30N2O8S. The van der Waals surface area contributed by atoms with Gasteiger partial charge in [-0.3, -0.25) is 14.2 Å². The molecule has 3 aromatic carbocycles. The molecule has 44 heavy (non-hydrogen) atoms. The molecule has 5 rings (SSSR count). The van der Waals surface area contributed by atoms with Crippen LogP contribution < -0.4 is 33.8 Å². The van der Waals surface area contributed by atoms with Crippen LogP contribution in [0.15, 0.2) is 87.8 Å². The molecule has 0 unspecified atom stereocenters. The number of thiazole rings is 1.